The number of furan rings is 1. The van der Waals surface area contributed by atoms with Gasteiger partial charge in [0.1, 0.15) is 0 Å². The maximum absolute atomic E-state index is 12.2. The van der Waals surface area contributed by atoms with Gasteiger partial charge in [0.15, 0.2) is 5.76 Å². The predicted molar refractivity (Wildman–Crippen MR) is 81.0 cm³/mol. The summed E-state index contributed by atoms with van der Waals surface area (Å²) in [4.78, 5) is 16.5. The van der Waals surface area contributed by atoms with Crippen LogP contribution < -0.4 is 0 Å². The number of hydrogen-bond acceptors (Lipinski definition) is 3. The molecular weight excluding hydrogens is 264 g/mol. The summed E-state index contributed by atoms with van der Waals surface area (Å²) in [5.41, 5.74) is 1.32. The number of benzene rings is 1. The van der Waals surface area contributed by atoms with E-state index in [-0.39, 0.29) is 5.91 Å². The maximum atomic E-state index is 12.2. The van der Waals surface area contributed by atoms with Crippen LogP contribution in [-0.4, -0.2) is 41.9 Å². The standard InChI is InChI=1S/C17H20N2O2/c1-14(15-6-3-2-4-7-15)18-9-11-19(12-10-18)17(20)16-8-5-13-21-16/h2-8,13-14H,9-12H2,1H3. The molecule has 0 saturated carbocycles. The van der Waals surface area contributed by atoms with Crippen LogP contribution in [0.4, 0.5) is 0 Å². The highest BCUT2D eigenvalue weighted by atomic mass is 16.3. The van der Waals surface area contributed by atoms with Gasteiger partial charge in [0.25, 0.3) is 5.91 Å². The van der Waals surface area contributed by atoms with Gasteiger partial charge in [-0.3, -0.25) is 9.69 Å². The van der Waals surface area contributed by atoms with Crippen LogP contribution in [0, 0.1) is 0 Å². The highest BCUT2D eigenvalue weighted by Crippen LogP contribution is 2.21. The van der Waals surface area contributed by atoms with Gasteiger partial charge in [-0.15, -0.1) is 0 Å². The zero-order valence-electron chi connectivity index (χ0n) is 12.2. The van der Waals surface area contributed by atoms with Crippen LogP contribution in [0.15, 0.2) is 53.1 Å². The van der Waals surface area contributed by atoms with E-state index in [1.165, 1.54) is 5.56 Å². The first-order valence-electron chi connectivity index (χ1n) is 7.37. The number of hydrogen-bond donors (Lipinski definition) is 0. The van der Waals surface area contributed by atoms with E-state index in [4.69, 9.17) is 4.42 Å². The highest BCUT2D eigenvalue weighted by Gasteiger charge is 2.26. The molecule has 3 rings (SSSR count). The van der Waals surface area contributed by atoms with Gasteiger partial charge in [0, 0.05) is 32.2 Å². The lowest BCUT2D eigenvalue weighted by atomic mass is 10.1. The third kappa shape index (κ3) is 3.00. The molecule has 21 heavy (non-hydrogen) atoms. The van der Waals surface area contributed by atoms with Crippen molar-refractivity contribution < 1.29 is 9.21 Å². The molecule has 1 amide bonds. The summed E-state index contributed by atoms with van der Waals surface area (Å²) >= 11 is 0. The first kappa shape index (κ1) is 13.9. The van der Waals surface area contributed by atoms with Gasteiger partial charge in [-0.2, -0.15) is 0 Å². The van der Waals surface area contributed by atoms with Gasteiger partial charge >= 0.3 is 0 Å². The van der Waals surface area contributed by atoms with E-state index in [1.807, 2.05) is 11.0 Å². The maximum Gasteiger partial charge on any atom is 0.289 e. The molecule has 1 aromatic heterocycles. The summed E-state index contributed by atoms with van der Waals surface area (Å²) in [6, 6.07) is 14.4. The highest BCUT2D eigenvalue weighted by molar-refractivity contribution is 5.91. The third-order valence-electron chi connectivity index (χ3n) is 4.16. The van der Waals surface area contributed by atoms with Crippen LogP contribution >= 0.6 is 0 Å². The Bertz CT molecular complexity index is 572. The molecule has 110 valence electrons. The molecule has 0 spiro atoms. The average molecular weight is 284 g/mol. The van der Waals surface area contributed by atoms with E-state index in [0.29, 0.717) is 11.8 Å². The number of carbonyl (C=O) groups excluding carboxylic acids is 1. The Kier molecular flexibility index (Phi) is 4.06. The Balaban J connectivity index is 1.59. The van der Waals surface area contributed by atoms with Crippen LogP contribution in [0.1, 0.15) is 29.1 Å². The molecule has 1 aliphatic heterocycles. The molecule has 1 saturated heterocycles. The fraction of sp³-hybridized carbons (Fsp3) is 0.353. The van der Waals surface area contributed by atoms with Crippen LogP contribution in [0.5, 0.6) is 0 Å². The van der Waals surface area contributed by atoms with Gasteiger partial charge in [-0.1, -0.05) is 30.3 Å². The van der Waals surface area contributed by atoms with Crippen molar-refractivity contribution in [1.82, 2.24) is 9.80 Å². The zero-order chi connectivity index (χ0) is 14.7. The van der Waals surface area contributed by atoms with E-state index in [0.717, 1.165) is 26.2 Å². The van der Waals surface area contributed by atoms with E-state index in [9.17, 15) is 4.79 Å². The minimum absolute atomic E-state index is 0.00739. The van der Waals surface area contributed by atoms with Gasteiger partial charge in [0.2, 0.25) is 0 Å². The Labute approximate surface area is 125 Å². The number of nitrogens with zero attached hydrogens (tertiary/aromatic N) is 2. The quantitative estimate of drug-likeness (QED) is 0.869. The van der Waals surface area contributed by atoms with Gasteiger partial charge in [-0.25, -0.2) is 0 Å². The predicted octanol–water partition coefficient (Wildman–Crippen LogP) is 2.80. The van der Waals surface area contributed by atoms with Gasteiger partial charge in [0.05, 0.1) is 6.26 Å². The Morgan fingerprint density at radius 1 is 1.05 bits per heavy atom. The SMILES string of the molecule is CC(c1ccccc1)N1CCN(C(=O)c2ccco2)CC1. The van der Waals surface area contributed by atoms with Crippen molar-refractivity contribution >= 4 is 5.91 Å². The van der Waals surface area contributed by atoms with Crippen molar-refractivity contribution in [2.75, 3.05) is 26.2 Å². The molecule has 2 heterocycles. The van der Waals surface area contributed by atoms with Crippen LogP contribution in [0.2, 0.25) is 0 Å². The molecule has 4 heteroatoms. The van der Waals surface area contributed by atoms with Crippen molar-refractivity contribution in [1.29, 1.82) is 0 Å². The molecule has 0 aliphatic carbocycles. The van der Waals surface area contributed by atoms with E-state index >= 15 is 0 Å². The molecule has 1 aromatic carbocycles. The topological polar surface area (TPSA) is 36.7 Å². The summed E-state index contributed by atoms with van der Waals surface area (Å²) in [5, 5.41) is 0. The van der Waals surface area contributed by atoms with E-state index in [2.05, 4.69) is 36.1 Å². The summed E-state index contributed by atoms with van der Waals surface area (Å²) in [7, 11) is 0. The third-order valence-corrected chi connectivity index (χ3v) is 4.16. The largest absolute Gasteiger partial charge is 0.459 e. The number of rotatable bonds is 3. The lowest BCUT2D eigenvalue weighted by Crippen LogP contribution is -2.49. The Morgan fingerprint density at radius 3 is 2.38 bits per heavy atom. The van der Waals surface area contributed by atoms with Gasteiger partial charge < -0.3 is 9.32 Å². The molecule has 4 nitrogen and oxygen atoms in total. The van der Waals surface area contributed by atoms with Crippen LogP contribution in [0.25, 0.3) is 0 Å². The summed E-state index contributed by atoms with van der Waals surface area (Å²) < 4.78 is 5.19. The average Bonchev–Trinajstić information content (AvgIpc) is 3.09. The fourth-order valence-electron chi connectivity index (χ4n) is 2.81. The van der Waals surface area contributed by atoms with Crippen molar-refractivity contribution in [3.05, 3.63) is 60.1 Å². The molecule has 0 bridgehead atoms. The smallest absolute Gasteiger partial charge is 0.289 e. The van der Waals surface area contributed by atoms with Crippen molar-refractivity contribution in [3.63, 3.8) is 0 Å². The molecule has 1 unspecified atom stereocenters. The van der Waals surface area contributed by atoms with Crippen molar-refractivity contribution in [2.24, 2.45) is 0 Å². The second kappa shape index (κ2) is 6.14. The molecule has 2 aromatic rings. The molecule has 1 atom stereocenters. The van der Waals surface area contributed by atoms with Crippen molar-refractivity contribution in [2.45, 2.75) is 13.0 Å². The fourth-order valence-corrected chi connectivity index (χ4v) is 2.81. The molecule has 1 fully saturated rings. The number of amides is 1. The van der Waals surface area contributed by atoms with E-state index < -0.39 is 0 Å². The summed E-state index contributed by atoms with van der Waals surface area (Å²) in [5.74, 6) is 0.423. The van der Waals surface area contributed by atoms with Gasteiger partial charge in [-0.05, 0) is 24.6 Å². The second-order valence-corrected chi connectivity index (χ2v) is 5.39. The minimum atomic E-state index is -0.00739. The monoisotopic (exact) mass is 284 g/mol. The molecular formula is C17H20N2O2. The summed E-state index contributed by atoms with van der Waals surface area (Å²) in [6.07, 6.45) is 1.54. The minimum Gasteiger partial charge on any atom is -0.459 e. The first-order chi connectivity index (χ1) is 10.3. The second-order valence-electron chi connectivity index (χ2n) is 5.39. The summed E-state index contributed by atoms with van der Waals surface area (Å²) in [6.45, 7) is 5.50. The number of carbonyl (C=O) groups is 1. The van der Waals surface area contributed by atoms with E-state index in [1.54, 1.807) is 18.4 Å². The Morgan fingerprint density at radius 2 is 1.76 bits per heavy atom. The van der Waals surface area contributed by atoms with Crippen molar-refractivity contribution in [3.8, 4) is 0 Å². The molecule has 1 aliphatic rings. The van der Waals surface area contributed by atoms with Crippen LogP contribution in [-0.2, 0) is 0 Å². The first-order valence-corrected chi connectivity index (χ1v) is 7.37. The normalized spacial score (nSPS) is 17.7. The lowest BCUT2D eigenvalue weighted by molar-refractivity contribution is 0.0553. The molecule has 0 radical (unpaired) electrons. The number of piperazine rings is 1. The lowest BCUT2D eigenvalue weighted by Gasteiger charge is -2.37. The molecule has 0 N–H and O–H groups in total. The zero-order valence-corrected chi connectivity index (χ0v) is 12.2. The Hall–Kier alpha value is -2.07. The van der Waals surface area contributed by atoms with Crippen LogP contribution in [0.3, 0.4) is 0 Å².